The Bertz CT molecular complexity index is 1090. The van der Waals surface area contributed by atoms with Gasteiger partial charge in [0.05, 0.1) is 17.1 Å². The molecule has 32 heavy (non-hydrogen) atoms. The summed E-state index contributed by atoms with van der Waals surface area (Å²) in [5.74, 6) is -0.551. The number of anilines is 2. The summed E-state index contributed by atoms with van der Waals surface area (Å²) >= 11 is 0. The number of para-hydroxylation sites is 2. The molecule has 1 heterocycles. The van der Waals surface area contributed by atoms with E-state index < -0.39 is 6.36 Å². The second kappa shape index (κ2) is 10.2. The predicted octanol–water partition coefficient (Wildman–Crippen LogP) is 5.81. The number of carbonyl (C=O) groups is 2. The third-order valence-corrected chi connectivity index (χ3v) is 4.92. The lowest BCUT2D eigenvalue weighted by molar-refractivity contribution is -0.274. The number of unbranched alkanes of at least 4 members (excludes halogenated alkanes) is 3. The van der Waals surface area contributed by atoms with E-state index in [1.807, 2.05) is 0 Å². The fraction of sp³-hybridized carbons (Fsp3) is 0.304. The molecule has 0 aliphatic carbocycles. The quantitative estimate of drug-likeness (QED) is 0.208. The molecule has 9 heteroatoms. The van der Waals surface area contributed by atoms with E-state index in [4.69, 9.17) is 5.73 Å². The second-order valence-corrected chi connectivity index (χ2v) is 7.45. The molecule has 0 saturated carbocycles. The molecule has 1 aromatic heterocycles. The largest absolute Gasteiger partial charge is 0.573 e. The Morgan fingerprint density at radius 1 is 0.969 bits per heavy atom. The van der Waals surface area contributed by atoms with Crippen LogP contribution in [0.5, 0.6) is 5.75 Å². The van der Waals surface area contributed by atoms with Gasteiger partial charge in [-0.25, -0.2) is 0 Å². The number of ketones is 1. The molecule has 1 amide bonds. The van der Waals surface area contributed by atoms with Crippen molar-refractivity contribution in [3.63, 3.8) is 0 Å². The van der Waals surface area contributed by atoms with Crippen molar-refractivity contribution in [3.8, 4) is 5.75 Å². The summed E-state index contributed by atoms with van der Waals surface area (Å²) in [5.41, 5.74) is 7.82. The highest BCUT2D eigenvalue weighted by Crippen LogP contribution is 2.27. The molecule has 170 valence electrons. The SMILES string of the molecule is Nc1ccccc1NC(=O)CCCCCCC(=O)c1cc2cc(OC(F)(F)F)ccc2[nH]1. The molecule has 0 aliphatic rings. The van der Waals surface area contributed by atoms with Crippen molar-refractivity contribution in [1.29, 1.82) is 0 Å². The molecule has 6 nitrogen and oxygen atoms in total. The normalized spacial score (nSPS) is 11.5. The number of nitrogens with one attached hydrogen (secondary N) is 2. The highest BCUT2D eigenvalue weighted by Gasteiger charge is 2.31. The van der Waals surface area contributed by atoms with Crippen LogP contribution < -0.4 is 15.8 Å². The van der Waals surface area contributed by atoms with Crippen LogP contribution in [0.1, 0.15) is 49.0 Å². The van der Waals surface area contributed by atoms with Crippen molar-refractivity contribution in [1.82, 2.24) is 4.98 Å². The number of alkyl halides is 3. The van der Waals surface area contributed by atoms with Crippen LogP contribution in [-0.2, 0) is 4.79 Å². The van der Waals surface area contributed by atoms with E-state index in [-0.39, 0.29) is 17.4 Å². The van der Waals surface area contributed by atoms with Gasteiger partial charge in [-0.2, -0.15) is 0 Å². The molecule has 4 N–H and O–H groups in total. The highest BCUT2D eigenvalue weighted by molar-refractivity contribution is 5.99. The smallest absolute Gasteiger partial charge is 0.406 e. The first-order valence-electron chi connectivity index (χ1n) is 10.3. The Morgan fingerprint density at radius 3 is 2.41 bits per heavy atom. The summed E-state index contributed by atoms with van der Waals surface area (Å²) in [6.45, 7) is 0. The topological polar surface area (TPSA) is 97.2 Å². The third kappa shape index (κ3) is 6.76. The average molecular weight is 447 g/mol. The first-order valence-corrected chi connectivity index (χ1v) is 10.3. The van der Waals surface area contributed by atoms with E-state index in [0.717, 1.165) is 12.8 Å². The van der Waals surface area contributed by atoms with Gasteiger partial charge in [0, 0.05) is 23.7 Å². The van der Waals surface area contributed by atoms with Crippen molar-refractivity contribution < 1.29 is 27.5 Å². The summed E-state index contributed by atoms with van der Waals surface area (Å²) in [5, 5.41) is 3.25. The average Bonchev–Trinajstić information content (AvgIpc) is 3.14. The maximum atomic E-state index is 12.4. The van der Waals surface area contributed by atoms with Crippen LogP contribution >= 0.6 is 0 Å². The number of nitrogen functional groups attached to an aromatic ring is 1. The number of hydrogen-bond donors (Lipinski definition) is 3. The van der Waals surface area contributed by atoms with Gasteiger partial charge in [-0.1, -0.05) is 25.0 Å². The van der Waals surface area contributed by atoms with Gasteiger partial charge in [-0.3, -0.25) is 9.59 Å². The predicted molar refractivity (Wildman–Crippen MR) is 116 cm³/mol. The molecule has 3 rings (SSSR count). The zero-order valence-electron chi connectivity index (χ0n) is 17.3. The summed E-state index contributed by atoms with van der Waals surface area (Å²) in [6.07, 6.45) is -1.15. The number of aromatic nitrogens is 1. The van der Waals surface area contributed by atoms with Gasteiger partial charge in [0.1, 0.15) is 5.75 Å². The summed E-state index contributed by atoms with van der Waals surface area (Å²) in [7, 11) is 0. The van der Waals surface area contributed by atoms with E-state index in [9.17, 15) is 22.8 Å². The number of aromatic amines is 1. The first-order chi connectivity index (χ1) is 15.2. The van der Waals surface area contributed by atoms with E-state index in [2.05, 4.69) is 15.0 Å². The van der Waals surface area contributed by atoms with Gasteiger partial charge in [0.25, 0.3) is 0 Å². The Balaban J connectivity index is 1.39. The fourth-order valence-electron chi connectivity index (χ4n) is 3.34. The molecule has 0 radical (unpaired) electrons. The minimum absolute atomic E-state index is 0.106. The first kappa shape index (κ1) is 23.2. The lowest BCUT2D eigenvalue weighted by atomic mass is 10.1. The van der Waals surface area contributed by atoms with Crippen molar-refractivity contribution >= 4 is 34.0 Å². The van der Waals surface area contributed by atoms with Gasteiger partial charge in [0.2, 0.25) is 5.91 Å². The summed E-state index contributed by atoms with van der Waals surface area (Å²) < 4.78 is 41.0. The van der Waals surface area contributed by atoms with E-state index in [0.29, 0.717) is 53.7 Å². The van der Waals surface area contributed by atoms with Crippen LogP contribution in [0, 0.1) is 0 Å². The number of amides is 1. The number of hydrogen-bond acceptors (Lipinski definition) is 4. The number of fused-ring (bicyclic) bond motifs is 1. The number of benzene rings is 2. The second-order valence-electron chi connectivity index (χ2n) is 7.45. The lowest BCUT2D eigenvalue weighted by Gasteiger charge is -2.08. The molecule has 0 unspecified atom stereocenters. The van der Waals surface area contributed by atoms with Crippen molar-refractivity contribution in [2.45, 2.75) is 44.9 Å². The fourth-order valence-corrected chi connectivity index (χ4v) is 3.34. The number of ether oxygens (including phenoxy) is 1. The minimum atomic E-state index is -4.77. The van der Waals surface area contributed by atoms with Crippen molar-refractivity contribution in [2.24, 2.45) is 0 Å². The molecule has 2 aromatic carbocycles. The molecule has 0 bridgehead atoms. The zero-order valence-corrected chi connectivity index (χ0v) is 17.3. The van der Waals surface area contributed by atoms with Gasteiger partial charge < -0.3 is 20.8 Å². The number of nitrogens with two attached hydrogens (primary N) is 1. The van der Waals surface area contributed by atoms with Crippen LogP contribution in [0.3, 0.4) is 0 Å². The van der Waals surface area contributed by atoms with Crippen LogP contribution in [0.4, 0.5) is 24.5 Å². The third-order valence-electron chi connectivity index (χ3n) is 4.92. The molecule has 3 aromatic rings. The van der Waals surface area contributed by atoms with Gasteiger partial charge in [0.15, 0.2) is 5.78 Å². The van der Waals surface area contributed by atoms with Crippen LogP contribution in [0.25, 0.3) is 10.9 Å². The number of Topliss-reactive ketones (excluding diaryl/α,β-unsaturated/α-hetero) is 1. The Kier molecular flexibility index (Phi) is 7.40. The number of carbonyl (C=O) groups excluding carboxylic acids is 2. The standard InChI is InChI=1S/C23H24F3N3O3/c24-23(25,26)32-16-11-12-18-15(13-16)14-20(28-18)21(30)9-3-1-2-4-10-22(31)29-19-8-6-5-7-17(19)27/h5-8,11-14,28H,1-4,9-10,27H2,(H,29,31). The lowest BCUT2D eigenvalue weighted by Crippen LogP contribution is -2.16. The Labute approximate surface area is 182 Å². The highest BCUT2D eigenvalue weighted by atomic mass is 19.4. The zero-order chi connectivity index (χ0) is 23.1. The molecule has 0 aliphatic heterocycles. The molecular weight excluding hydrogens is 423 g/mol. The van der Waals surface area contributed by atoms with Gasteiger partial charge in [-0.15, -0.1) is 13.2 Å². The number of H-pyrrole nitrogens is 1. The summed E-state index contributed by atoms with van der Waals surface area (Å²) in [6, 6.07) is 12.5. The van der Waals surface area contributed by atoms with E-state index in [1.165, 1.54) is 24.3 Å². The molecular formula is C23H24F3N3O3. The monoisotopic (exact) mass is 447 g/mol. The van der Waals surface area contributed by atoms with Crippen molar-refractivity contribution in [2.75, 3.05) is 11.1 Å². The molecule has 0 atom stereocenters. The minimum Gasteiger partial charge on any atom is -0.406 e. The molecule has 0 fully saturated rings. The van der Waals surface area contributed by atoms with Crippen LogP contribution in [-0.4, -0.2) is 23.0 Å². The van der Waals surface area contributed by atoms with E-state index in [1.54, 1.807) is 24.3 Å². The summed E-state index contributed by atoms with van der Waals surface area (Å²) in [4.78, 5) is 27.3. The molecule has 0 spiro atoms. The van der Waals surface area contributed by atoms with Crippen LogP contribution in [0.2, 0.25) is 0 Å². The Hall–Kier alpha value is -3.49. The van der Waals surface area contributed by atoms with Gasteiger partial charge >= 0.3 is 6.36 Å². The maximum absolute atomic E-state index is 12.4. The van der Waals surface area contributed by atoms with Crippen molar-refractivity contribution in [3.05, 3.63) is 54.2 Å². The Morgan fingerprint density at radius 2 is 1.69 bits per heavy atom. The van der Waals surface area contributed by atoms with E-state index >= 15 is 0 Å². The molecule has 0 saturated heterocycles. The maximum Gasteiger partial charge on any atom is 0.573 e. The number of halogens is 3. The number of rotatable bonds is 10. The van der Waals surface area contributed by atoms with Gasteiger partial charge in [-0.05, 0) is 49.2 Å². The van der Waals surface area contributed by atoms with Crippen LogP contribution in [0.15, 0.2) is 48.5 Å².